The van der Waals surface area contributed by atoms with Gasteiger partial charge in [0.25, 0.3) is 5.91 Å². The fourth-order valence-electron chi connectivity index (χ4n) is 7.10. The highest BCUT2D eigenvalue weighted by Gasteiger charge is 2.66. The van der Waals surface area contributed by atoms with Crippen LogP contribution in [0, 0.1) is 5.92 Å². The monoisotopic (exact) mass is 627 g/mol. The number of rotatable bonds is 12. The minimum atomic E-state index is -3.03. The summed E-state index contributed by atoms with van der Waals surface area (Å²) in [7, 11) is -3.03. The Hall–Kier alpha value is -4.09. The van der Waals surface area contributed by atoms with Crippen LogP contribution < -0.4 is 9.80 Å². The van der Waals surface area contributed by atoms with E-state index in [0.717, 1.165) is 12.0 Å². The average molecular weight is 628 g/mol. The molecule has 3 aromatic rings. The molecule has 1 fully saturated rings. The van der Waals surface area contributed by atoms with Crippen LogP contribution in [-0.4, -0.2) is 67.1 Å². The van der Waals surface area contributed by atoms with Crippen molar-refractivity contribution in [3.8, 4) is 0 Å². The van der Waals surface area contributed by atoms with Crippen LogP contribution in [0.1, 0.15) is 24.5 Å². The standard InChI is InChI=1S/C35H41N3O6Si/c1-5-18-37-30-17-16-28(38(24-40)27-14-10-7-11-15-27)21-29(30)35(34(37)42)25(2)33(45(3,4)43)31(44-35)22-32(41)36(19-20-39)23-26-12-8-6-9-13-26/h5-17,21,24-25,31,33,39,43H,1,18-20,22-23H2,2-4H3/t25-,31+,33-,35+/m1/s1. The van der Waals surface area contributed by atoms with E-state index in [1.165, 1.54) is 4.90 Å². The molecular formula is C35H41N3O6Si. The lowest BCUT2D eigenvalue weighted by atomic mass is 9.82. The van der Waals surface area contributed by atoms with Gasteiger partial charge in [-0.2, -0.15) is 0 Å². The van der Waals surface area contributed by atoms with Gasteiger partial charge in [-0.25, -0.2) is 0 Å². The molecule has 9 nitrogen and oxygen atoms in total. The summed E-state index contributed by atoms with van der Waals surface area (Å²) in [4.78, 5) is 57.0. The molecule has 0 saturated carbocycles. The normalized spacial score (nSPS) is 22.4. The molecule has 10 heteroatoms. The second-order valence-electron chi connectivity index (χ2n) is 12.3. The first-order valence-corrected chi connectivity index (χ1v) is 18.3. The number of aliphatic hydroxyl groups is 1. The van der Waals surface area contributed by atoms with Crippen molar-refractivity contribution >= 4 is 43.6 Å². The first-order chi connectivity index (χ1) is 21.6. The van der Waals surface area contributed by atoms with Crippen LogP contribution in [0.3, 0.4) is 0 Å². The number of fused-ring (bicyclic) bond motifs is 2. The zero-order valence-corrected chi connectivity index (χ0v) is 27.0. The van der Waals surface area contributed by atoms with E-state index in [9.17, 15) is 24.3 Å². The van der Waals surface area contributed by atoms with E-state index in [2.05, 4.69) is 6.58 Å². The molecule has 4 atom stereocenters. The number of hydrogen-bond donors (Lipinski definition) is 2. The topological polar surface area (TPSA) is 111 Å². The summed E-state index contributed by atoms with van der Waals surface area (Å²) in [6.07, 6.45) is 1.57. The molecule has 0 bridgehead atoms. The molecule has 45 heavy (non-hydrogen) atoms. The van der Waals surface area contributed by atoms with Gasteiger partial charge >= 0.3 is 0 Å². The molecule has 1 saturated heterocycles. The molecule has 2 N–H and O–H groups in total. The number of carbonyl (C=O) groups excluding carboxylic acids is 3. The van der Waals surface area contributed by atoms with Crippen LogP contribution in [0.4, 0.5) is 17.1 Å². The van der Waals surface area contributed by atoms with Crippen LogP contribution in [0.5, 0.6) is 0 Å². The van der Waals surface area contributed by atoms with Gasteiger partial charge < -0.3 is 24.4 Å². The minimum absolute atomic E-state index is 0.0607. The fraction of sp³-hybridized carbons (Fsp3) is 0.343. The van der Waals surface area contributed by atoms with E-state index in [4.69, 9.17) is 4.74 Å². The van der Waals surface area contributed by atoms with Crippen molar-refractivity contribution in [2.45, 2.75) is 50.2 Å². The van der Waals surface area contributed by atoms with Crippen molar-refractivity contribution in [3.05, 3.63) is 103 Å². The summed E-state index contributed by atoms with van der Waals surface area (Å²) >= 11 is 0. The van der Waals surface area contributed by atoms with E-state index in [0.29, 0.717) is 29.2 Å². The maximum Gasteiger partial charge on any atom is 0.264 e. The summed E-state index contributed by atoms with van der Waals surface area (Å²) in [5, 5.41) is 9.77. The third-order valence-corrected chi connectivity index (χ3v) is 11.5. The molecule has 236 valence electrons. The molecule has 3 aromatic carbocycles. The van der Waals surface area contributed by atoms with Gasteiger partial charge in [0, 0.05) is 48.0 Å². The molecule has 0 aliphatic carbocycles. The SMILES string of the molecule is C=CCN1C(=O)[C@@]2(O[C@@H](CC(=O)N(CCO)Cc3ccccc3)[C@H]([Si](C)(C)O)[C@H]2C)c2cc(N(C=O)c3ccccc3)ccc21. The quantitative estimate of drug-likeness (QED) is 0.171. The fourth-order valence-corrected chi connectivity index (χ4v) is 9.66. The summed E-state index contributed by atoms with van der Waals surface area (Å²) < 4.78 is 6.83. The number of nitrogens with zero attached hydrogens (tertiary/aromatic N) is 3. The number of carbonyl (C=O) groups is 3. The Morgan fingerprint density at radius 2 is 1.73 bits per heavy atom. The predicted octanol–water partition coefficient (Wildman–Crippen LogP) is 4.72. The van der Waals surface area contributed by atoms with E-state index in [1.54, 1.807) is 21.9 Å². The molecule has 3 amide bonds. The highest BCUT2D eigenvalue weighted by atomic mass is 28.4. The number of amides is 3. The number of aliphatic hydroxyl groups excluding tert-OH is 1. The van der Waals surface area contributed by atoms with Crippen LogP contribution in [0.2, 0.25) is 18.6 Å². The average Bonchev–Trinajstić information content (AvgIpc) is 3.44. The first-order valence-electron chi connectivity index (χ1n) is 15.3. The zero-order valence-electron chi connectivity index (χ0n) is 26.0. The number of hydrogen-bond acceptors (Lipinski definition) is 6. The molecule has 2 aliphatic heterocycles. The van der Waals surface area contributed by atoms with Crippen LogP contribution in [0.15, 0.2) is 91.5 Å². The Balaban J connectivity index is 1.56. The van der Waals surface area contributed by atoms with Gasteiger partial charge in [-0.3, -0.25) is 19.3 Å². The summed E-state index contributed by atoms with van der Waals surface area (Å²) in [6.45, 7) is 9.89. The maximum atomic E-state index is 14.5. The summed E-state index contributed by atoms with van der Waals surface area (Å²) in [6, 6.07) is 24.2. The molecule has 5 rings (SSSR count). The van der Waals surface area contributed by atoms with Crippen molar-refractivity contribution < 1.29 is 29.0 Å². The largest absolute Gasteiger partial charge is 0.432 e. The van der Waals surface area contributed by atoms with Gasteiger partial charge in [-0.05, 0) is 49.0 Å². The number of ether oxygens (including phenoxy) is 1. The Morgan fingerprint density at radius 1 is 1.07 bits per heavy atom. The van der Waals surface area contributed by atoms with Crippen LogP contribution in [-0.2, 0) is 31.3 Å². The van der Waals surface area contributed by atoms with Crippen LogP contribution in [0.25, 0.3) is 0 Å². The lowest BCUT2D eigenvalue weighted by Gasteiger charge is -2.33. The van der Waals surface area contributed by atoms with Gasteiger partial charge in [0.05, 0.1) is 24.8 Å². The smallest absolute Gasteiger partial charge is 0.264 e. The Kier molecular flexibility index (Phi) is 9.40. The first kappa shape index (κ1) is 32.3. The van der Waals surface area contributed by atoms with E-state index in [-0.39, 0.29) is 37.9 Å². The van der Waals surface area contributed by atoms with Gasteiger partial charge in [0.2, 0.25) is 12.3 Å². The Labute approximate surface area is 265 Å². The van der Waals surface area contributed by atoms with Crippen molar-refractivity contribution in [3.63, 3.8) is 0 Å². The molecule has 2 heterocycles. The van der Waals surface area contributed by atoms with E-state index >= 15 is 0 Å². The zero-order chi connectivity index (χ0) is 32.4. The van der Waals surface area contributed by atoms with Gasteiger partial charge in [0.1, 0.15) is 0 Å². The molecule has 2 aliphatic rings. The van der Waals surface area contributed by atoms with Gasteiger partial charge in [-0.1, -0.05) is 61.5 Å². The van der Waals surface area contributed by atoms with Crippen molar-refractivity contribution in [1.82, 2.24) is 4.90 Å². The Bertz CT molecular complexity index is 1550. The number of para-hydroxylation sites is 1. The maximum absolute atomic E-state index is 14.5. The van der Waals surface area contributed by atoms with Crippen molar-refractivity contribution in [2.24, 2.45) is 5.92 Å². The van der Waals surface area contributed by atoms with Gasteiger partial charge in [0.15, 0.2) is 13.9 Å². The Morgan fingerprint density at radius 3 is 2.33 bits per heavy atom. The molecule has 1 spiro atoms. The third-order valence-electron chi connectivity index (χ3n) is 9.01. The van der Waals surface area contributed by atoms with E-state index < -0.39 is 31.5 Å². The summed E-state index contributed by atoms with van der Waals surface area (Å²) in [5.41, 5.74) is 1.45. The predicted molar refractivity (Wildman–Crippen MR) is 176 cm³/mol. The molecule has 0 radical (unpaired) electrons. The van der Waals surface area contributed by atoms with Crippen LogP contribution >= 0.6 is 0 Å². The summed E-state index contributed by atoms with van der Waals surface area (Å²) in [5.74, 6) is -1.00. The van der Waals surface area contributed by atoms with Crippen molar-refractivity contribution in [1.29, 1.82) is 0 Å². The second kappa shape index (κ2) is 13.1. The highest BCUT2D eigenvalue weighted by molar-refractivity contribution is 6.71. The minimum Gasteiger partial charge on any atom is -0.432 e. The van der Waals surface area contributed by atoms with Crippen molar-refractivity contribution in [2.75, 3.05) is 29.5 Å². The number of anilines is 3. The number of benzene rings is 3. The molecule has 0 aromatic heterocycles. The third kappa shape index (κ3) is 5.98. The lowest BCUT2D eigenvalue weighted by Crippen LogP contribution is -2.46. The molecular weight excluding hydrogens is 586 g/mol. The highest BCUT2D eigenvalue weighted by Crippen LogP contribution is 2.60. The van der Waals surface area contributed by atoms with Gasteiger partial charge in [-0.15, -0.1) is 6.58 Å². The second-order valence-corrected chi connectivity index (χ2v) is 16.3. The molecule has 0 unspecified atom stereocenters. The van der Waals surface area contributed by atoms with E-state index in [1.807, 2.05) is 92.8 Å². The lowest BCUT2D eigenvalue weighted by molar-refractivity contribution is -0.149.